The summed E-state index contributed by atoms with van der Waals surface area (Å²) in [6.45, 7) is 0. The van der Waals surface area contributed by atoms with E-state index >= 15 is 0 Å². The summed E-state index contributed by atoms with van der Waals surface area (Å²) in [5, 5.41) is 0. The molecular weight excluding hydrogens is 268 g/mol. The van der Waals surface area contributed by atoms with Gasteiger partial charge in [-0.3, -0.25) is 10.2 Å². The number of carbonyl (C=O) groups excluding carboxylic acids is 1. The van der Waals surface area contributed by atoms with Gasteiger partial charge in [-0.05, 0) is 36.5 Å². The number of carbonyl (C=O) groups is 1. The van der Waals surface area contributed by atoms with Crippen molar-refractivity contribution in [2.75, 3.05) is 0 Å². The van der Waals surface area contributed by atoms with Crippen molar-refractivity contribution in [3.63, 3.8) is 0 Å². The Morgan fingerprint density at radius 2 is 2.25 bits per heavy atom. The van der Waals surface area contributed by atoms with Gasteiger partial charge in [-0.25, -0.2) is 5.84 Å². The average Bonchev–Trinajstić information content (AvgIpc) is 2.22. The molecule has 0 aromatic heterocycles. The maximum absolute atomic E-state index is 11.8. The van der Waals surface area contributed by atoms with Crippen molar-refractivity contribution < 1.29 is 4.79 Å². The Morgan fingerprint density at radius 1 is 1.50 bits per heavy atom. The first-order chi connectivity index (χ1) is 7.72. The third-order valence-electron chi connectivity index (χ3n) is 3.25. The van der Waals surface area contributed by atoms with Gasteiger partial charge in [-0.1, -0.05) is 34.5 Å². The van der Waals surface area contributed by atoms with E-state index < -0.39 is 0 Å². The summed E-state index contributed by atoms with van der Waals surface area (Å²) < 4.78 is 0.999. The fourth-order valence-corrected chi connectivity index (χ4v) is 2.62. The van der Waals surface area contributed by atoms with Crippen molar-refractivity contribution in [3.05, 3.63) is 34.3 Å². The summed E-state index contributed by atoms with van der Waals surface area (Å²) in [4.78, 5) is 11.8. The topological polar surface area (TPSA) is 55.1 Å². The molecule has 2 rings (SSSR count). The van der Waals surface area contributed by atoms with Crippen LogP contribution in [0.15, 0.2) is 28.7 Å². The highest BCUT2D eigenvalue weighted by Gasteiger charge is 2.33. The summed E-state index contributed by atoms with van der Waals surface area (Å²) in [5.41, 5.74) is 3.32. The zero-order valence-electron chi connectivity index (χ0n) is 8.95. The number of halogens is 1. The van der Waals surface area contributed by atoms with E-state index in [-0.39, 0.29) is 11.8 Å². The van der Waals surface area contributed by atoms with Crippen LogP contribution in [-0.4, -0.2) is 5.91 Å². The molecule has 0 saturated heterocycles. The van der Waals surface area contributed by atoms with Crippen molar-refractivity contribution in [2.24, 2.45) is 11.8 Å². The smallest absolute Gasteiger partial charge is 0.241 e. The van der Waals surface area contributed by atoms with Gasteiger partial charge in [0, 0.05) is 4.47 Å². The monoisotopic (exact) mass is 282 g/mol. The van der Waals surface area contributed by atoms with Gasteiger partial charge >= 0.3 is 0 Å². The highest BCUT2D eigenvalue weighted by atomic mass is 79.9. The third kappa shape index (κ3) is 2.28. The van der Waals surface area contributed by atoms with E-state index in [0.29, 0.717) is 5.92 Å². The fourth-order valence-electron chi connectivity index (χ4n) is 2.20. The number of hydrogen-bond donors (Lipinski definition) is 2. The van der Waals surface area contributed by atoms with Crippen LogP contribution in [0.5, 0.6) is 0 Å². The second-order valence-corrected chi connectivity index (χ2v) is 5.15. The number of benzene rings is 1. The second-order valence-electron chi connectivity index (χ2n) is 4.23. The Labute approximate surface area is 104 Å². The maximum atomic E-state index is 11.8. The number of rotatable bonds is 3. The van der Waals surface area contributed by atoms with Crippen molar-refractivity contribution in [1.82, 2.24) is 5.43 Å². The van der Waals surface area contributed by atoms with Crippen LogP contribution in [0.4, 0.5) is 0 Å². The molecule has 1 amide bonds. The van der Waals surface area contributed by atoms with Crippen LogP contribution < -0.4 is 11.3 Å². The second kappa shape index (κ2) is 4.97. The first-order valence-corrected chi connectivity index (χ1v) is 6.27. The molecule has 3 N–H and O–H groups in total. The average molecular weight is 283 g/mol. The molecule has 1 aliphatic carbocycles. The summed E-state index contributed by atoms with van der Waals surface area (Å²) >= 11 is 3.43. The lowest BCUT2D eigenvalue weighted by Crippen LogP contribution is -2.39. The highest BCUT2D eigenvalue weighted by Crippen LogP contribution is 2.39. The number of nitrogens with one attached hydrogen (secondary N) is 1. The normalized spacial score (nSPS) is 17.6. The van der Waals surface area contributed by atoms with E-state index in [1.165, 1.54) is 6.42 Å². The molecule has 1 saturated carbocycles. The first kappa shape index (κ1) is 11.6. The molecule has 1 aliphatic rings. The van der Waals surface area contributed by atoms with Crippen molar-refractivity contribution in [1.29, 1.82) is 0 Å². The van der Waals surface area contributed by atoms with Crippen molar-refractivity contribution in [3.8, 4) is 0 Å². The zero-order valence-corrected chi connectivity index (χ0v) is 10.5. The standard InChI is InChI=1S/C12H15BrN2O/c13-10-6-2-5-9(7-10)11(12(16)15-14)8-3-1-4-8/h2,5-8,11H,1,3-4,14H2,(H,15,16)/t11-/m1/s1. The molecule has 0 spiro atoms. The number of hydrogen-bond acceptors (Lipinski definition) is 2. The molecule has 1 atom stereocenters. The Bertz CT molecular complexity index is 390. The van der Waals surface area contributed by atoms with Gasteiger partial charge < -0.3 is 0 Å². The van der Waals surface area contributed by atoms with Crippen LogP contribution in [0.25, 0.3) is 0 Å². The number of amides is 1. The molecule has 0 aliphatic heterocycles. The van der Waals surface area contributed by atoms with E-state index in [2.05, 4.69) is 21.4 Å². The predicted molar refractivity (Wildman–Crippen MR) is 66.6 cm³/mol. The lowest BCUT2D eigenvalue weighted by atomic mass is 9.72. The molecule has 1 fully saturated rings. The lowest BCUT2D eigenvalue weighted by molar-refractivity contribution is -0.124. The van der Waals surface area contributed by atoms with Gasteiger partial charge in [0.25, 0.3) is 0 Å². The highest BCUT2D eigenvalue weighted by molar-refractivity contribution is 9.10. The Morgan fingerprint density at radius 3 is 2.75 bits per heavy atom. The van der Waals surface area contributed by atoms with Crippen LogP contribution in [0.1, 0.15) is 30.7 Å². The largest absolute Gasteiger partial charge is 0.294 e. The molecule has 1 aromatic rings. The lowest BCUT2D eigenvalue weighted by Gasteiger charge is -2.32. The Balaban J connectivity index is 2.27. The summed E-state index contributed by atoms with van der Waals surface area (Å²) in [7, 11) is 0. The summed E-state index contributed by atoms with van der Waals surface area (Å²) in [6.07, 6.45) is 3.45. The van der Waals surface area contributed by atoms with Gasteiger partial charge in [0.1, 0.15) is 0 Å². The van der Waals surface area contributed by atoms with Crippen LogP contribution in [0, 0.1) is 5.92 Å². The minimum atomic E-state index is -0.101. The molecule has 4 heteroatoms. The quantitative estimate of drug-likeness (QED) is 0.508. The van der Waals surface area contributed by atoms with E-state index in [9.17, 15) is 4.79 Å². The van der Waals surface area contributed by atoms with Crippen LogP contribution >= 0.6 is 15.9 Å². The van der Waals surface area contributed by atoms with Gasteiger partial charge in [0.05, 0.1) is 5.92 Å². The third-order valence-corrected chi connectivity index (χ3v) is 3.75. The molecule has 0 radical (unpaired) electrons. The van der Waals surface area contributed by atoms with Gasteiger partial charge in [-0.2, -0.15) is 0 Å². The number of hydrazine groups is 1. The molecule has 16 heavy (non-hydrogen) atoms. The molecule has 3 nitrogen and oxygen atoms in total. The maximum Gasteiger partial charge on any atom is 0.241 e. The minimum Gasteiger partial charge on any atom is -0.294 e. The SMILES string of the molecule is NNC(=O)[C@@H](c1cccc(Br)c1)C1CCC1. The molecular formula is C12H15BrN2O. The van der Waals surface area contributed by atoms with Gasteiger partial charge in [0.2, 0.25) is 5.91 Å². The van der Waals surface area contributed by atoms with E-state index in [1.54, 1.807) is 0 Å². The molecule has 1 aromatic carbocycles. The van der Waals surface area contributed by atoms with Crippen LogP contribution in [-0.2, 0) is 4.79 Å². The predicted octanol–water partition coefficient (Wildman–Crippen LogP) is 2.32. The zero-order chi connectivity index (χ0) is 11.5. The van der Waals surface area contributed by atoms with Crippen LogP contribution in [0.2, 0.25) is 0 Å². The first-order valence-electron chi connectivity index (χ1n) is 5.48. The van der Waals surface area contributed by atoms with Crippen molar-refractivity contribution >= 4 is 21.8 Å². The van der Waals surface area contributed by atoms with Gasteiger partial charge in [0.15, 0.2) is 0 Å². The molecule has 0 bridgehead atoms. The fraction of sp³-hybridized carbons (Fsp3) is 0.417. The Hall–Kier alpha value is -0.870. The van der Waals surface area contributed by atoms with E-state index in [0.717, 1.165) is 22.9 Å². The summed E-state index contributed by atoms with van der Waals surface area (Å²) in [6, 6.07) is 7.90. The Kier molecular flexibility index (Phi) is 3.61. The number of nitrogens with two attached hydrogens (primary N) is 1. The van der Waals surface area contributed by atoms with E-state index in [4.69, 9.17) is 5.84 Å². The van der Waals surface area contributed by atoms with Crippen molar-refractivity contribution in [2.45, 2.75) is 25.2 Å². The van der Waals surface area contributed by atoms with E-state index in [1.807, 2.05) is 24.3 Å². The molecule has 0 unspecified atom stereocenters. The molecule has 0 heterocycles. The summed E-state index contributed by atoms with van der Waals surface area (Å²) in [5.74, 6) is 5.51. The van der Waals surface area contributed by atoms with Crippen LogP contribution in [0.3, 0.4) is 0 Å². The molecule has 86 valence electrons. The minimum absolute atomic E-state index is 0.0807. The van der Waals surface area contributed by atoms with Gasteiger partial charge in [-0.15, -0.1) is 0 Å².